The van der Waals surface area contributed by atoms with Gasteiger partial charge < -0.3 is 9.88 Å². The molecule has 1 N–H and O–H groups in total. The van der Waals surface area contributed by atoms with E-state index in [2.05, 4.69) is 20.3 Å². The van der Waals surface area contributed by atoms with Crippen LogP contribution >= 0.6 is 0 Å². The molecule has 0 aliphatic carbocycles. The van der Waals surface area contributed by atoms with Gasteiger partial charge in [-0.3, -0.25) is 0 Å². The highest BCUT2D eigenvalue weighted by Crippen LogP contribution is 2.30. The molecule has 3 heterocycles. The SMILES string of the molecule is Fc1cc(CNc2ncc(Cn3ccc4cccnc43)cn2)cc(C(F)(F)F)c1. The van der Waals surface area contributed by atoms with Gasteiger partial charge in [-0.1, -0.05) is 0 Å². The lowest BCUT2D eigenvalue weighted by Gasteiger charge is -2.10. The summed E-state index contributed by atoms with van der Waals surface area (Å²) in [6.07, 6.45) is 2.28. The average Bonchev–Trinajstić information content (AvgIpc) is 3.09. The number of fused-ring (bicyclic) bond motifs is 1. The maximum Gasteiger partial charge on any atom is 0.416 e. The highest BCUT2D eigenvalue weighted by atomic mass is 19.4. The van der Waals surface area contributed by atoms with E-state index in [1.807, 2.05) is 29.0 Å². The van der Waals surface area contributed by atoms with Crippen LogP contribution in [0.4, 0.5) is 23.5 Å². The van der Waals surface area contributed by atoms with Crippen LogP contribution in [0.25, 0.3) is 11.0 Å². The van der Waals surface area contributed by atoms with Gasteiger partial charge in [0, 0.05) is 42.3 Å². The van der Waals surface area contributed by atoms with Gasteiger partial charge in [-0.15, -0.1) is 0 Å². The molecule has 9 heteroatoms. The molecule has 0 aliphatic rings. The zero-order valence-electron chi connectivity index (χ0n) is 15.0. The third kappa shape index (κ3) is 4.34. The Labute approximate surface area is 163 Å². The van der Waals surface area contributed by atoms with E-state index in [1.54, 1.807) is 18.6 Å². The Kier molecular flexibility index (Phi) is 4.87. The summed E-state index contributed by atoms with van der Waals surface area (Å²) in [6, 6.07) is 8.21. The number of alkyl halides is 3. The number of benzene rings is 1. The van der Waals surface area contributed by atoms with Crippen molar-refractivity contribution in [2.24, 2.45) is 0 Å². The number of nitrogens with one attached hydrogen (secondary N) is 1. The first-order valence-corrected chi connectivity index (χ1v) is 8.70. The minimum Gasteiger partial charge on any atom is -0.350 e. The Balaban J connectivity index is 1.43. The number of hydrogen-bond donors (Lipinski definition) is 1. The van der Waals surface area contributed by atoms with E-state index >= 15 is 0 Å². The molecular formula is C20H15F4N5. The maximum atomic E-state index is 13.5. The summed E-state index contributed by atoms with van der Waals surface area (Å²) >= 11 is 0. The number of halogens is 4. The Morgan fingerprint density at radius 2 is 1.76 bits per heavy atom. The molecule has 0 saturated carbocycles. The first-order valence-electron chi connectivity index (χ1n) is 8.70. The minimum atomic E-state index is -4.60. The molecule has 29 heavy (non-hydrogen) atoms. The highest BCUT2D eigenvalue weighted by molar-refractivity contribution is 5.75. The summed E-state index contributed by atoms with van der Waals surface area (Å²) in [5.41, 5.74) is 0.804. The van der Waals surface area contributed by atoms with Crippen molar-refractivity contribution in [3.05, 3.63) is 83.7 Å². The fourth-order valence-electron chi connectivity index (χ4n) is 2.97. The lowest BCUT2D eigenvalue weighted by molar-refractivity contribution is -0.137. The maximum absolute atomic E-state index is 13.5. The topological polar surface area (TPSA) is 55.6 Å². The smallest absolute Gasteiger partial charge is 0.350 e. The second-order valence-electron chi connectivity index (χ2n) is 6.47. The van der Waals surface area contributed by atoms with Crippen molar-refractivity contribution in [1.82, 2.24) is 19.5 Å². The van der Waals surface area contributed by atoms with E-state index in [0.717, 1.165) is 28.7 Å². The number of aromatic nitrogens is 4. The molecule has 0 unspecified atom stereocenters. The van der Waals surface area contributed by atoms with Gasteiger partial charge in [0.05, 0.1) is 12.1 Å². The van der Waals surface area contributed by atoms with Crippen LogP contribution in [0.1, 0.15) is 16.7 Å². The van der Waals surface area contributed by atoms with Crippen LogP contribution < -0.4 is 5.32 Å². The third-order valence-corrected chi connectivity index (χ3v) is 4.32. The molecule has 0 radical (unpaired) electrons. The van der Waals surface area contributed by atoms with Gasteiger partial charge in [0.1, 0.15) is 11.5 Å². The van der Waals surface area contributed by atoms with Crippen LogP contribution in [-0.4, -0.2) is 19.5 Å². The largest absolute Gasteiger partial charge is 0.416 e. The van der Waals surface area contributed by atoms with Crippen molar-refractivity contribution >= 4 is 17.0 Å². The Bertz CT molecular complexity index is 1140. The summed E-state index contributed by atoms with van der Waals surface area (Å²) in [4.78, 5) is 12.7. The fourth-order valence-corrected chi connectivity index (χ4v) is 2.97. The van der Waals surface area contributed by atoms with Crippen LogP contribution in [-0.2, 0) is 19.3 Å². The van der Waals surface area contributed by atoms with Gasteiger partial charge in [0.25, 0.3) is 0 Å². The normalized spacial score (nSPS) is 11.7. The van der Waals surface area contributed by atoms with Crippen LogP contribution in [0.15, 0.2) is 61.2 Å². The molecule has 0 amide bonds. The van der Waals surface area contributed by atoms with E-state index in [0.29, 0.717) is 12.6 Å². The molecule has 5 nitrogen and oxygen atoms in total. The van der Waals surface area contributed by atoms with Crippen molar-refractivity contribution in [1.29, 1.82) is 0 Å². The molecule has 0 aliphatic heterocycles. The fraction of sp³-hybridized carbons (Fsp3) is 0.150. The molecule has 0 spiro atoms. The molecule has 4 rings (SSSR count). The first-order chi connectivity index (χ1) is 13.9. The van der Waals surface area contributed by atoms with E-state index in [-0.39, 0.29) is 18.1 Å². The zero-order chi connectivity index (χ0) is 20.4. The zero-order valence-corrected chi connectivity index (χ0v) is 15.0. The van der Waals surface area contributed by atoms with Crippen molar-refractivity contribution in [2.75, 3.05) is 5.32 Å². The first kappa shape index (κ1) is 18.9. The van der Waals surface area contributed by atoms with Gasteiger partial charge in [0.2, 0.25) is 5.95 Å². The molecular weight excluding hydrogens is 386 g/mol. The van der Waals surface area contributed by atoms with E-state index < -0.39 is 17.6 Å². The Morgan fingerprint density at radius 1 is 0.966 bits per heavy atom. The van der Waals surface area contributed by atoms with Crippen LogP contribution in [0, 0.1) is 5.82 Å². The number of pyridine rings is 1. The molecule has 0 saturated heterocycles. The molecule has 0 bridgehead atoms. The standard InChI is InChI=1S/C20H15F4N5/c21-17-7-13(6-16(8-17)20(22,23)24)9-26-19-27-10-14(11-28-19)12-29-5-3-15-2-1-4-25-18(15)29/h1-8,10-11H,9,12H2,(H,26,27,28). The summed E-state index contributed by atoms with van der Waals surface area (Å²) < 4.78 is 53.8. The van der Waals surface area contributed by atoms with Gasteiger partial charge in [-0.2, -0.15) is 13.2 Å². The lowest BCUT2D eigenvalue weighted by Crippen LogP contribution is -2.09. The number of rotatable bonds is 5. The van der Waals surface area contributed by atoms with Crippen molar-refractivity contribution in [3.8, 4) is 0 Å². The quantitative estimate of drug-likeness (QED) is 0.495. The van der Waals surface area contributed by atoms with Crippen LogP contribution in [0.3, 0.4) is 0 Å². The second-order valence-corrected chi connectivity index (χ2v) is 6.47. The second kappa shape index (κ2) is 7.50. The van der Waals surface area contributed by atoms with Gasteiger partial charge in [-0.05, 0) is 42.0 Å². The summed E-state index contributed by atoms with van der Waals surface area (Å²) in [5, 5.41) is 3.83. The van der Waals surface area contributed by atoms with Gasteiger partial charge >= 0.3 is 6.18 Å². The predicted molar refractivity (Wildman–Crippen MR) is 99.6 cm³/mol. The molecule has 3 aromatic heterocycles. The van der Waals surface area contributed by atoms with Crippen LogP contribution in [0.2, 0.25) is 0 Å². The molecule has 4 aromatic rings. The van der Waals surface area contributed by atoms with Gasteiger partial charge in [0.15, 0.2) is 0 Å². The summed E-state index contributed by atoms with van der Waals surface area (Å²) in [6.45, 7) is 0.492. The van der Waals surface area contributed by atoms with Crippen LogP contribution in [0.5, 0.6) is 0 Å². The van der Waals surface area contributed by atoms with E-state index in [1.165, 1.54) is 0 Å². The highest BCUT2D eigenvalue weighted by Gasteiger charge is 2.31. The van der Waals surface area contributed by atoms with Gasteiger partial charge in [-0.25, -0.2) is 19.3 Å². The van der Waals surface area contributed by atoms with E-state index in [9.17, 15) is 17.6 Å². The third-order valence-electron chi connectivity index (χ3n) is 4.32. The predicted octanol–water partition coefficient (Wildman–Crippen LogP) is 4.64. The summed E-state index contributed by atoms with van der Waals surface area (Å²) in [5.74, 6) is -0.706. The lowest BCUT2D eigenvalue weighted by atomic mass is 10.1. The molecule has 0 fully saturated rings. The Morgan fingerprint density at radius 3 is 2.52 bits per heavy atom. The van der Waals surface area contributed by atoms with E-state index in [4.69, 9.17) is 0 Å². The van der Waals surface area contributed by atoms with Crippen molar-refractivity contribution in [2.45, 2.75) is 19.3 Å². The molecule has 0 atom stereocenters. The number of hydrogen-bond acceptors (Lipinski definition) is 4. The summed E-state index contributed by atoms with van der Waals surface area (Å²) in [7, 11) is 0. The monoisotopic (exact) mass is 401 g/mol. The number of nitrogens with zero attached hydrogens (tertiary/aromatic N) is 4. The minimum absolute atomic E-state index is 0.0354. The Hall–Kier alpha value is -3.49. The average molecular weight is 401 g/mol. The van der Waals surface area contributed by atoms with Crippen molar-refractivity contribution in [3.63, 3.8) is 0 Å². The number of anilines is 1. The molecule has 148 valence electrons. The molecule has 1 aromatic carbocycles. The van der Waals surface area contributed by atoms with Crippen molar-refractivity contribution < 1.29 is 17.6 Å².